The molecule has 1 rings (SSSR count). The maximum absolute atomic E-state index is 11.9. The van der Waals surface area contributed by atoms with Gasteiger partial charge >= 0.3 is 0 Å². The molecule has 0 saturated heterocycles. The first-order chi connectivity index (χ1) is 8.17. The van der Waals surface area contributed by atoms with Gasteiger partial charge in [0.25, 0.3) is 5.91 Å². The van der Waals surface area contributed by atoms with Gasteiger partial charge in [0.15, 0.2) is 0 Å². The maximum Gasteiger partial charge on any atom is 0.251 e. The average molecular weight is 235 g/mol. The average Bonchev–Trinajstić information content (AvgIpc) is 2.36. The zero-order valence-electron chi connectivity index (χ0n) is 10.8. The zero-order valence-corrected chi connectivity index (χ0v) is 10.8. The fourth-order valence-corrected chi connectivity index (χ4v) is 1.61. The number of hydrogen-bond acceptors (Lipinski definition) is 2. The van der Waals surface area contributed by atoms with Crippen molar-refractivity contribution in [1.29, 1.82) is 0 Å². The smallest absolute Gasteiger partial charge is 0.251 e. The molecular weight excluding hydrogens is 214 g/mol. The molecule has 1 amide bonds. The van der Waals surface area contributed by atoms with Crippen molar-refractivity contribution in [3.05, 3.63) is 35.4 Å². The van der Waals surface area contributed by atoms with E-state index in [4.69, 9.17) is 4.74 Å². The van der Waals surface area contributed by atoms with Gasteiger partial charge in [-0.15, -0.1) is 0 Å². The van der Waals surface area contributed by atoms with Crippen LogP contribution in [0.1, 0.15) is 36.7 Å². The van der Waals surface area contributed by atoms with Crippen LogP contribution in [0.4, 0.5) is 0 Å². The van der Waals surface area contributed by atoms with Crippen molar-refractivity contribution in [3.8, 4) is 0 Å². The molecule has 0 bridgehead atoms. The van der Waals surface area contributed by atoms with E-state index >= 15 is 0 Å². The van der Waals surface area contributed by atoms with Crippen LogP contribution in [0, 0.1) is 0 Å². The third kappa shape index (κ3) is 4.57. The van der Waals surface area contributed by atoms with Crippen LogP contribution in [0.25, 0.3) is 0 Å². The van der Waals surface area contributed by atoms with E-state index in [0.29, 0.717) is 18.7 Å². The highest BCUT2D eigenvalue weighted by molar-refractivity contribution is 5.94. The lowest BCUT2D eigenvalue weighted by Crippen LogP contribution is -2.32. The summed E-state index contributed by atoms with van der Waals surface area (Å²) in [5.41, 5.74) is 1.89. The van der Waals surface area contributed by atoms with Gasteiger partial charge in [-0.1, -0.05) is 19.1 Å². The summed E-state index contributed by atoms with van der Waals surface area (Å²) in [5, 5.41) is 2.87. The Kier molecular flexibility index (Phi) is 5.70. The van der Waals surface area contributed by atoms with Crippen molar-refractivity contribution in [2.45, 2.75) is 33.3 Å². The molecule has 3 nitrogen and oxygen atoms in total. The fourth-order valence-electron chi connectivity index (χ4n) is 1.61. The molecule has 0 heterocycles. The highest BCUT2D eigenvalue weighted by Crippen LogP contribution is 2.05. The molecule has 1 unspecified atom stereocenters. The number of rotatable bonds is 6. The number of carbonyl (C=O) groups excluding carboxylic acids is 1. The lowest BCUT2D eigenvalue weighted by atomic mass is 10.1. The van der Waals surface area contributed by atoms with E-state index in [0.717, 1.165) is 6.42 Å². The quantitative estimate of drug-likeness (QED) is 0.822. The molecule has 17 heavy (non-hydrogen) atoms. The molecule has 1 atom stereocenters. The van der Waals surface area contributed by atoms with Crippen LogP contribution in [0.15, 0.2) is 24.3 Å². The van der Waals surface area contributed by atoms with E-state index in [1.54, 1.807) is 0 Å². The van der Waals surface area contributed by atoms with Crippen molar-refractivity contribution < 1.29 is 9.53 Å². The van der Waals surface area contributed by atoms with E-state index in [2.05, 4.69) is 12.2 Å². The Balaban J connectivity index is 2.51. The third-order valence-corrected chi connectivity index (χ3v) is 2.60. The van der Waals surface area contributed by atoms with Crippen LogP contribution in [0.5, 0.6) is 0 Å². The molecule has 0 aliphatic heterocycles. The lowest BCUT2D eigenvalue weighted by molar-refractivity contribution is 0.0695. The second-order valence-electron chi connectivity index (χ2n) is 4.03. The number of aryl methyl sites for hydroxylation is 1. The number of carbonyl (C=O) groups is 1. The van der Waals surface area contributed by atoms with Gasteiger partial charge in [-0.25, -0.2) is 0 Å². The summed E-state index contributed by atoms with van der Waals surface area (Å²) in [6.07, 6.45) is 0.995. The minimum Gasteiger partial charge on any atom is -0.377 e. The minimum absolute atomic E-state index is 0.0353. The predicted molar refractivity (Wildman–Crippen MR) is 69.2 cm³/mol. The molecule has 94 valence electrons. The van der Waals surface area contributed by atoms with Crippen LogP contribution in [-0.2, 0) is 11.2 Å². The first kappa shape index (κ1) is 13.7. The van der Waals surface area contributed by atoms with Crippen LogP contribution < -0.4 is 5.32 Å². The van der Waals surface area contributed by atoms with Crippen LogP contribution in [0.3, 0.4) is 0 Å². The molecule has 0 aliphatic rings. The van der Waals surface area contributed by atoms with Crippen LogP contribution in [0.2, 0.25) is 0 Å². The van der Waals surface area contributed by atoms with Crippen molar-refractivity contribution >= 4 is 5.91 Å². The van der Waals surface area contributed by atoms with Crippen LogP contribution in [-0.4, -0.2) is 25.2 Å². The van der Waals surface area contributed by atoms with Gasteiger partial charge < -0.3 is 10.1 Å². The number of amides is 1. The molecule has 1 N–H and O–H groups in total. The second-order valence-corrected chi connectivity index (χ2v) is 4.03. The van der Waals surface area contributed by atoms with Crippen molar-refractivity contribution in [2.75, 3.05) is 13.2 Å². The molecule has 0 saturated carbocycles. The monoisotopic (exact) mass is 235 g/mol. The Morgan fingerprint density at radius 2 is 2.18 bits per heavy atom. The fraction of sp³-hybridized carbons (Fsp3) is 0.500. The van der Waals surface area contributed by atoms with E-state index in [9.17, 15) is 4.79 Å². The second kappa shape index (κ2) is 7.07. The Bertz CT molecular complexity index is 363. The van der Waals surface area contributed by atoms with E-state index < -0.39 is 0 Å². The molecule has 0 aliphatic carbocycles. The van der Waals surface area contributed by atoms with E-state index in [1.165, 1.54) is 5.56 Å². The lowest BCUT2D eigenvalue weighted by Gasteiger charge is -2.12. The summed E-state index contributed by atoms with van der Waals surface area (Å²) in [4.78, 5) is 11.9. The van der Waals surface area contributed by atoms with Gasteiger partial charge in [0.2, 0.25) is 0 Å². The first-order valence-corrected chi connectivity index (χ1v) is 6.16. The summed E-state index contributed by atoms with van der Waals surface area (Å²) in [5.74, 6) is -0.0353. The Morgan fingerprint density at radius 3 is 2.82 bits per heavy atom. The molecule has 0 aromatic heterocycles. The molecule has 1 aromatic rings. The summed E-state index contributed by atoms with van der Waals surface area (Å²) in [6, 6.07) is 7.71. The molecule has 0 radical (unpaired) electrons. The molecular formula is C14H21NO2. The van der Waals surface area contributed by atoms with Gasteiger partial charge in [-0.2, -0.15) is 0 Å². The van der Waals surface area contributed by atoms with Gasteiger partial charge in [-0.05, 0) is 38.0 Å². The van der Waals surface area contributed by atoms with E-state index in [1.807, 2.05) is 38.1 Å². The predicted octanol–water partition coefficient (Wildman–Crippen LogP) is 2.40. The highest BCUT2D eigenvalue weighted by atomic mass is 16.5. The summed E-state index contributed by atoms with van der Waals surface area (Å²) < 4.78 is 5.36. The molecule has 3 heteroatoms. The van der Waals surface area contributed by atoms with Gasteiger partial charge in [-0.3, -0.25) is 4.79 Å². The maximum atomic E-state index is 11.9. The van der Waals surface area contributed by atoms with E-state index in [-0.39, 0.29) is 12.0 Å². The largest absolute Gasteiger partial charge is 0.377 e. The topological polar surface area (TPSA) is 38.3 Å². The highest BCUT2D eigenvalue weighted by Gasteiger charge is 2.07. The zero-order chi connectivity index (χ0) is 12.7. The molecule has 1 aromatic carbocycles. The minimum atomic E-state index is -0.0353. The third-order valence-electron chi connectivity index (χ3n) is 2.60. The summed E-state index contributed by atoms with van der Waals surface area (Å²) >= 11 is 0. The van der Waals surface area contributed by atoms with Gasteiger partial charge in [0.05, 0.1) is 6.10 Å². The first-order valence-electron chi connectivity index (χ1n) is 6.16. The van der Waals surface area contributed by atoms with Crippen molar-refractivity contribution in [3.63, 3.8) is 0 Å². The Morgan fingerprint density at radius 1 is 1.41 bits per heavy atom. The van der Waals surface area contributed by atoms with Crippen LogP contribution >= 0.6 is 0 Å². The number of benzene rings is 1. The SMILES string of the molecule is CCOC(C)CNC(=O)c1cccc(CC)c1. The normalized spacial score (nSPS) is 12.2. The number of nitrogens with one attached hydrogen (secondary N) is 1. The van der Waals surface area contributed by atoms with Crippen molar-refractivity contribution in [2.24, 2.45) is 0 Å². The number of ether oxygens (including phenoxy) is 1. The van der Waals surface area contributed by atoms with Crippen molar-refractivity contribution in [1.82, 2.24) is 5.32 Å². The Hall–Kier alpha value is -1.35. The summed E-state index contributed by atoms with van der Waals surface area (Å²) in [7, 11) is 0. The van der Waals surface area contributed by atoms with Gasteiger partial charge in [0.1, 0.15) is 0 Å². The van der Waals surface area contributed by atoms with Gasteiger partial charge in [0, 0.05) is 18.7 Å². The molecule has 0 fully saturated rings. The Labute approximate surface area is 103 Å². The summed E-state index contributed by atoms with van der Waals surface area (Å²) in [6.45, 7) is 7.19. The number of hydrogen-bond donors (Lipinski definition) is 1. The molecule has 0 spiro atoms. The standard InChI is InChI=1S/C14H21NO2/c1-4-12-7-6-8-13(9-12)14(16)15-10-11(3)17-5-2/h6-9,11H,4-5,10H2,1-3H3,(H,15,16).